The third-order valence-corrected chi connectivity index (χ3v) is 5.51. The molecule has 2 heterocycles. The second-order valence-corrected chi connectivity index (χ2v) is 7.55. The van der Waals surface area contributed by atoms with E-state index in [1.165, 1.54) is 31.4 Å². The molecule has 0 atom stereocenters. The zero-order valence-electron chi connectivity index (χ0n) is 16.4. The van der Waals surface area contributed by atoms with E-state index in [-0.39, 0.29) is 5.91 Å². The number of para-hydroxylation sites is 1. The van der Waals surface area contributed by atoms with Gasteiger partial charge in [-0.25, -0.2) is 0 Å². The van der Waals surface area contributed by atoms with Crippen LogP contribution in [-0.2, 0) is 4.79 Å². The Balaban J connectivity index is 1.42. The van der Waals surface area contributed by atoms with E-state index in [0.29, 0.717) is 13.0 Å². The van der Waals surface area contributed by atoms with E-state index in [4.69, 9.17) is 4.74 Å². The van der Waals surface area contributed by atoms with Crippen molar-refractivity contribution in [2.24, 2.45) is 0 Å². The monoisotopic (exact) mass is 379 g/mol. The average Bonchev–Trinajstić information content (AvgIpc) is 3.43. The van der Waals surface area contributed by atoms with Gasteiger partial charge in [0.1, 0.15) is 5.75 Å². The van der Waals surface area contributed by atoms with E-state index in [1.54, 1.807) is 0 Å². The summed E-state index contributed by atoms with van der Waals surface area (Å²) in [6.45, 7) is 4.69. The molecule has 148 valence electrons. The number of nitrogens with zero attached hydrogens (tertiary/aromatic N) is 2. The number of anilines is 3. The smallest absolute Gasteiger partial charge is 0.227 e. The lowest BCUT2D eigenvalue weighted by molar-refractivity contribution is -0.116. The van der Waals surface area contributed by atoms with Crippen LogP contribution in [0.15, 0.2) is 48.5 Å². The molecule has 0 saturated carbocycles. The zero-order valence-corrected chi connectivity index (χ0v) is 16.4. The van der Waals surface area contributed by atoms with Crippen LogP contribution in [0.3, 0.4) is 0 Å². The molecule has 4 rings (SSSR count). The Morgan fingerprint density at radius 1 is 0.893 bits per heavy atom. The minimum absolute atomic E-state index is 0.00468. The van der Waals surface area contributed by atoms with Crippen LogP contribution >= 0.6 is 0 Å². The quantitative estimate of drug-likeness (QED) is 0.779. The summed E-state index contributed by atoms with van der Waals surface area (Å²) in [5.74, 6) is 0.791. The summed E-state index contributed by atoms with van der Waals surface area (Å²) >= 11 is 0. The molecule has 2 fully saturated rings. The molecular formula is C23H29N3O2. The highest BCUT2D eigenvalue weighted by molar-refractivity contribution is 5.95. The lowest BCUT2D eigenvalue weighted by Crippen LogP contribution is -2.23. The first kappa shape index (κ1) is 18.7. The van der Waals surface area contributed by atoms with Crippen LogP contribution in [-0.4, -0.2) is 38.7 Å². The molecule has 28 heavy (non-hydrogen) atoms. The SMILES string of the molecule is O=C(CCOc1ccccc1)Nc1cc(N2CCCC2)ccc1N1CCCC1. The molecule has 0 unspecified atom stereocenters. The molecule has 2 aromatic rings. The van der Waals surface area contributed by atoms with Crippen LogP contribution < -0.4 is 19.9 Å². The maximum Gasteiger partial charge on any atom is 0.227 e. The highest BCUT2D eigenvalue weighted by Gasteiger charge is 2.20. The Bertz CT molecular complexity index is 782. The van der Waals surface area contributed by atoms with Gasteiger partial charge in [0.05, 0.1) is 24.4 Å². The normalized spacial score (nSPS) is 16.4. The number of carbonyl (C=O) groups is 1. The minimum Gasteiger partial charge on any atom is -0.493 e. The van der Waals surface area contributed by atoms with E-state index < -0.39 is 0 Å². The Kier molecular flexibility index (Phi) is 6.00. The van der Waals surface area contributed by atoms with E-state index in [9.17, 15) is 4.79 Å². The van der Waals surface area contributed by atoms with Gasteiger partial charge in [0, 0.05) is 31.9 Å². The molecule has 2 aliphatic rings. The van der Waals surface area contributed by atoms with Gasteiger partial charge in [0.15, 0.2) is 0 Å². The van der Waals surface area contributed by atoms with Crippen molar-refractivity contribution in [3.63, 3.8) is 0 Å². The Hall–Kier alpha value is -2.69. The standard InChI is InChI=1S/C23H29N3O2/c27-23(12-17-28-20-8-2-1-3-9-20)24-21-18-19(25-13-4-5-14-25)10-11-22(21)26-15-6-7-16-26/h1-3,8-11,18H,4-7,12-17H2,(H,24,27). The topological polar surface area (TPSA) is 44.8 Å². The van der Waals surface area contributed by atoms with Crippen molar-refractivity contribution in [3.05, 3.63) is 48.5 Å². The molecule has 5 heteroatoms. The predicted molar refractivity (Wildman–Crippen MR) is 115 cm³/mol. The molecule has 5 nitrogen and oxygen atoms in total. The molecule has 2 aliphatic heterocycles. The zero-order chi connectivity index (χ0) is 19.2. The highest BCUT2D eigenvalue weighted by Crippen LogP contribution is 2.34. The van der Waals surface area contributed by atoms with Crippen molar-refractivity contribution in [3.8, 4) is 5.75 Å². The number of amides is 1. The summed E-state index contributed by atoms with van der Waals surface area (Å²) in [4.78, 5) is 17.4. The lowest BCUT2D eigenvalue weighted by Gasteiger charge is -2.25. The van der Waals surface area contributed by atoms with Gasteiger partial charge in [-0.05, 0) is 56.0 Å². The van der Waals surface area contributed by atoms with E-state index in [2.05, 4.69) is 33.3 Å². The van der Waals surface area contributed by atoms with Crippen molar-refractivity contribution < 1.29 is 9.53 Å². The van der Waals surface area contributed by atoms with Gasteiger partial charge in [0.2, 0.25) is 5.91 Å². The van der Waals surface area contributed by atoms with Crippen LogP contribution in [0.2, 0.25) is 0 Å². The predicted octanol–water partition coefficient (Wildman–Crippen LogP) is 4.29. The van der Waals surface area contributed by atoms with E-state index in [1.807, 2.05) is 30.3 Å². The minimum atomic E-state index is -0.00468. The first-order valence-corrected chi connectivity index (χ1v) is 10.4. The van der Waals surface area contributed by atoms with E-state index in [0.717, 1.165) is 43.3 Å². The van der Waals surface area contributed by atoms with Crippen LogP contribution in [0, 0.1) is 0 Å². The highest BCUT2D eigenvalue weighted by atomic mass is 16.5. The van der Waals surface area contributed by atoms with Crippen LogP contribution in [0.4, 0.5) is 17.1 Å². The van der Waals surface area contributed by atoms with Crippen molar-refractivity contribution in [2.75, 3.05) is 47.9 Å². The maximum atomic E-state index is 12.6. The number of hydrogen-bond acceptors (Lipinski definition) is 4. The molecule has 0 radical (unpaired) electrons. The maximum absolute atomic E-state index is 12.6. The van der Waals surface area contributed by atoms with Crippen molar-refractivity contribution in [1.82, 2.24) is 0 Å². The first-order chi connectivity index (χ1) is 13.8. The summed E-state index contributed by atoms with van der Waals surface area (Å²) in [5.41, 5.74) is 3.27. The third-order valence-electron chi connectivity index (χ3n) is 5.51. The summed E-state index contributed by atoms with van der Waals surface area (Å²) in [6.07, 6.45) is 5.25. The first-order valence-electron chi connectivity index (χ1n) is 10.4. The Morgan fingerprint density at radius 2 is 1.57 bits per heavy atom. The largest absolute Gasteiger partial charge is 0.493 e. The second kappa shape index (κ2) is 9.00. The Morgan fingerprint density at radius 3 is 2.29 bits per heavy atom. The van der Waals surface area contributed by atoms with Crippen molar-refractivity contribution in [1.29, 1.82) is 0 Å². The fraction of sp³-hybridized carbons (Fsp3) is 0.435. The Labute approximate surface area is 167 Å². The van der Waals surface area contributed by atoms with E-state index >= 15 is 0 Å². The molecule has 2 aromatic carbocycles. The third kappa shape index (κ3) is 4.58. The van der Waals surface area contributed by atoms with Gasteiger partial charge in [-0.2, -0.15) is 0 Å². The summed E-state index contributed by atoms with van der Waals surface area (Å²) in [6, 6.07) is 16.2. The number of hydrogen-bond donors (Lipinski definition) is 1. The number of ether oxygens (including phenoxy) is 1. The van der Waals surface area contributed by atoms with Gasteiger partial charge >= 0.3 is 0 Å². The number of carbonyl (C=O) groups excluding carboxylic acids is 1. The fourth-order valence-corrected chi connectivity index (χ4v) is 4.02. The van der Waals surface area contributed by atoms with Gasteiger partial charge < -0.3 is 19.9 Å². The summed E-state index contributed by atoms with van der Waals surface area (Å²) < 4.78 is 5.67. The summed E-state index contributed by atoms with van der Waals surface area (Å²) in [7, 11) is 0. The van der Waals surface area contributed by atoms with Gasteiger partial charge in [0.25, 0.3) is 0 Å². The fourth-order valence-electron chi connectivity index (χ4n) is 4.02. The molecule has 2 saturated heterocycles. The molecule has 1 amide bonds. The molecule has 0 spiro atoms. The average molecular weight is 380 g/mol. The molecule has 0 aliphatic carbocycles. The van der Waals surface area contributed by atoms with Gasteiger partial charge in [-0.1, -0.05) is 18.2 Å². The van der Waals surface area contributed by atoms with Crippen LogP contribution in [0.5, 0.6) is 5.75 Å². The molecule has 0 aromatic heterocycles. The van der Waals surface area contributed by atoms with Crippen LogP contribution in [0.1, 0.15) is 32.1 Å². The second-order valence-electron chi connectivity index (χ2n) is 7.55. The number of benzene rings is 2. The lowest BCUT2D eigenvalue weighted by atomic mass is 10.2. The number of rotatable bonds is 7. The molecular weight excluding hydrogens is 350 g/mol. The van der Waals surface area contributed by atoms with Gasteiger partial charge in [-0.15, -0.1) is 0 Å². The number of nitrogens with one attached hydrogen (secondary N) is 1. The molecule has 1 N–H and O–H groups in total. The van der Waals surface area contributed by atoms with Gasteiger partial charge in [-0.3, -0.25) is 4.79 Å². The van der Waals surface area contributed by atoms with Crippen molar-refractivity contribution >= 4 is 23.0 Å². The summed E-state index contributed by atoms with van der Waals surface area (Å²) in [5, 5.41) is 3.15. The van der Waals surface area contributed by atoms with Crippen LogP contribution in [0.25, 0.3) is 0 Å². The van der Waals surface area contributed by atoms with Crippen molar-refractivity contribution in [2.45, 2.75) is 32.1 Å². The molecule has 0 bridgehead atoms.